The highest BCUT2D eigenvalue weighted by Crippen LogP contribution is 2.45. The monoisotopic (exact) mass is 575 g/mol. The van der Waals surface area contributed by atoms with Crippen LogP contribution in [-0.2, 0) is 10.4 Å². The van der Waals surface area contributed by atoms with Crippen LogP contribution in [0.15, 0.2) is 24.4 Å². The maximum atomic E-state index is 11.5. The molecule has 2 atom stereocenters. The molecule has 1 aromatic carbocycles. The molecule has 10 heteroatoms. The number of aliphatic hydroxyl groups is 1. The lowest BCUT2D eigenvalue weighted by Gasteiger charge is -2.52. The van der Waals surface area contributed by atoms with Crippen LogP contribution in [-0.4, -0.2) is 63.3 Å². The van der Waals surface area contributed by atoms with Crippen LogP contribution in [0.3, 0.4) is 0 Å². The number of piperidine rings is 1. The van der Waals surface area contributed by atoms with Crippen molar-refractivity contribution in [2.24, 2.45) is 17.3 Å². The van der Waals surface area contributed by atoms with E-state index in [4.69, 9.17) is 28.2 Å². The number of hydrogen-bond acceptors (Lipinski definition) is 7. The molecule has 2 aromatic rings. The Kier molecular flexibility index (Phi) is 7.79. The van der Waals surface area contributed by atoms with Gasteiger partial charge >= 0.3 is 5.97 Å². The number of anilines is 2. The Morgan fingerprint density at radius 2 is 1.92 bits per heavy atom. The molecule has 2 saturated heterocycles. The van der Waals surface area contributed by atoms with Gasteiger partial charge in [0.15, 0.2) is 0 Å². The van der Waals surface area contributed by atoms with E-state index in [0.717, 1.165) is 51.0 Å². The van der Waals surface area contributed by atoms with E-state index in [1.807, 2.05) is 26.0 Å². The van der Waals surface area contributed by atoms with Crippen molar-refractivity contribution in [1.29, 1.82) is 0 Å². The summed E-state index contributed by atoms with van der Waals surface area (Å²) in [5.74, 6) is 1.74. The summed E-state index contributed by atoms with van der Waals surface area (Å²) in [6.07, 6.45) is 5.60. The lowest BCUT2D eigenvalue weighted by molar-refractivity contribution is -0.158. The predicted octanol–water partition coefficient (Wildman–Crippen LogP) is 5.59. The zero-order chi connectivity index (χ0) is 28.1. The van der Waals surface area contributed by atoms with E-state index in [2.05, 4.69) is 20.1 Å². The molecule has 0 spiro atoms. The van der Waals surface area contributed by atoms with E-state index < -0.39 is 17.0 Å². The standard InChI is InChI=1S/C29H39Cl2N5O3/c1-17(22-8-7-20(30)10-24(22)31)33-25-23(28(2,3)39)13-32-27(34-25)36-15-19(16-36)18-6-5-9-35(14-18)21-11-29(4,12-21)26(37)38/h7-8,10,13,17-19,21,39H,5-6,9,11-12,14-16H2,1-4H3,(H,37,38)(H,32,33,34)/t17-,18?,21?,29?/m1/s1. The van der Waals surface area contributed by atoms with Crippen LogP contribution >= 0.6 is 23.2 Å². The Hall–Kier alpha value is -2.13. The van der Waals surface area contributed by atoms with Gasteiger partial charge in [-0.15, -0.1) is 0 Å². The van der Waals surface area contributed by atoms with Gasteiger partial charge in [0.05, 0.1) is 17.1 Å². The smallest absolute Gasteiger partial charge is 0.309 e. The third kappa shape index (κ3) is 5.85. The first-order valence-electron chi connectivity index (χ1n) is 13.9. The number of benzene rings is 1. The fourth-order valence-corrected chi connectivity index (χ4v) is 6.93. The molecular weight excluding hydrogens is 537 g/mol. The van der Waals surface area contributed by atoms with Gasteiger partial charge in [-0.25, -0.2) is 4.98 Å². The number of carbonyl (C=O) groups is 1. The molecule has 3 aliphatic rings. The third-order valence-corrected chi connectivity index (χ3v) is 9.53. The van der Waals surface area contributed by atoms with Crippen molar-refractivity contribution in [2.45, 2.75) is 71.1 Å². The van der Waals surface area contributed by atoms with E-state index in [1.54, 1.807) is 26.1 Å². The minimum atomic E-state index is -1.12. The van der Waals surface area contributed by atoms with Crippen molar-refractivity contribution in [3.63, 3.8) is 0 Å². The summed E-state index contributed by atoms with van der Waals surface area (Å²) in [4.78, 5) is 25.7. The third-order valence-electron chi connectivity index (χ3n) is 8.97. The molecule has 0 radical (unpaired) electrons. The minimum Gasteiger partial charge on any atom is -0.481 e. The number of aliphatic carboxylic acids is 1. The molecular formula is C29H39Cl2N5O3. The van der Waals surface area contributed by atoms with Gasteiger partial charge in [0, 0.05) is 47.5 Å². The summed E-state index contributed by atoms with van der Waals surface area (Å²) in [6, 6.07) is 5.67. The Balaban J connectivity index is 1.24. The molecule has 3 heterocycles. The number of likely N-dealkylation sites (tertiary alicyclic amines) is 1. The van der Waals surface area contributed by atoms with Crippen molar-refractivity contribution in [3.8, 4) is 0 Å². The molecule has 8 nitrogen and oxygen atoms in total. The molecule has 2 aliphatic heterocycles. The van der Waals surface area contributed by atoms with E-state index in [0.29, 0.717) is 45.3 Å². The largest absolute Gasteiger partial charge is 0.481 e. The van der Waals surface area contributed by atoms with Crippen molar-refractivity contribution in [3.05, 3.63) is 45.6 Å². The minimum absolute atomic E-state index is 0.162. The van der Waals surface area contributed by atoms with E-state index in [1.165, 1.54) is 6.42 Å². The predicted molar refractivity (Wildman–Crippen MR) is 155 cm³/mol. The summed E-state index contributed by atoms with van der Waals surface area (Å²) in [6.45, 7) is 11.2. The lowest BCUT2D eigenvalue weighted by atomic mass is 9.65. The fraction of sp³-hybridized carbons (Fsp3) is 0.621. The van der Waals surface area contributed by atoms with Crippen LogP contribution in [0.5, 0.6) is 0 Å². The normalized spacial score (nSPS) is 27.0. The highest BCUT2D eigenvalue weighted by Gasteiger charge is 2.49. The molecule has 3 N–H and O–H groups in total. The van der Waals surface area contributed by atoms with E-state index in [9.17, 15) is 15.0 Å². The van der Waals surface area contributed by atoms with Gasteiger partial charge in [0.25, 0.3) is 0 Å². The zero-order valence-corrected chi connectivity index (χ0v) is 24.6. The number of halogens is 2. The number of carboxylic acid groups (broad SMARTS) is 1. The number of aromatic nitrogens is 2. The molecule has 39 heavy (non-hydrogen) atoms. The van der Waals surface area contributed by atoms with Crippen LogP contribution in [0, 0.1) is 17.3 Å². The molecule has 3 fully saturated rings. The number of nitrogens with one attached hydrogen (secondary N) is 1. The fourth-order valence-electron chi connectivity index (χ4n) is 6.36. The second-order valence-electron chi connectivity index (χ2n) is 12.5. The molecule has 0 amide bonds. The molecule has 5 rings (SSSR count). The van der Waals surface area contributed by atoms with Crippen LogP contribution in [0.25, 0.3) is 0 Å². The summed E-state index contributed by atoms with van der Waals surface area (Å²) >= 11 is 12.5. The van der Waals surface area contributed by atoms with Crippen LogP contribution in [0.1, 0.15) is 70.5 Å². The lowest BCUT2D eigenvalue weighted by Crippen LogP contribution is -2.58. The molecule has 1 aliphatic carbocycles. The Morgan fingerprint density at radius 3 is 2.56 bits per heavy atom. The average Bonchev–Trinajstić information content (AvgIpc) is 2.80. The first kappa shape index (κ1) is 28.4. The van der Waals surface area contributed by atoms with Gasteiger partial charge in [-0.3, -0.25) is 4.79 Å². The number of carboxylic acids is 1. The van der Waals surface area contributed by atoms with Crippen LogP contribution in [0.4, 0.5) is 11.8 Å². The molecule has 1 unspecified atom stereocenters. The maximum absolute atomic E-state index is 11.5. The number of hydrogen-bond donors (Lipinski definition) is 3. The van der Waals surface area contributed by atoms with Gasteiger partial charge in [0.2, 0.25) is 5.95 Å². The summed E-state index contributed by atoms with van der Waals surface area (Å²) in [5, 5.41) is 24.9. The van der Waals surface area contributed by atoms with Gasteiger partial charge in [-0.2, -0.15) is 4.98 Å². The van der Waals surface area contributed by atoms with Crippen molar-refractivity contribution >= 4 is 40.9 Å². The number of nitrogens with zero attached hydrogens (tertiary/aromatic N) is 4. The van der Waals surface area contributed by atoms with Crippen LogP contribution in [0.2, 0.25) is 10.0 Å². The second-order valence-corrected chi connectivity index (χ2v) is 13.4. The van der Waals surface area contributed by atoms with Gasteiger partial charge in [-0.1, -0.05) is 29.3 Å². The second kappa shape index (κ2) is 10.7. The molecule has 1 aromatic heterocycles. The Bertz CT molecular complexity index is 1220. The SMILES string of the molecule is C[C@@H](Nc1nc(N2CC(C3CCCN(C4CC(C)(C(=O)O)C4)C3)C2)ncc1C(C)(C)O)c1ccc(Cl)cc1Cl. The van der Waals surface area contributed by atoms with Gasteiger partial charge in [-0.05, 0) is 89.5 Å². The number of rotatable bonds is 8. The summed E-state index contributed by atoms with van der Waals surface area (Å²) in [7, 11) is 0. The maximum Gasteiger partial charge on any atom is 0.309 e. The first-order valence-corrected chi connectivity index (χ1v) is 14.6. The average molecular weight is 577 g/mol. The zero-order valence-electron chi connectivity index (χ0n) is 23.1. The summed E-state index contributed by atoms with van der Waals surface area (Å²) in [5.41, 5.74) is -0.161. The molecule has 0 bridgehead atoms. The van der Waals surface area contributed by atoms with E-state index in [-0.39, 0.29) is 6.04 Å². The van der Waals surface area contributed by atoms with Gasteiger partial charge in [0.1, 0.15) is 5.82 Å². The molecule has 212 valence electrons. The molecule has 1 saturated carbocycles. The topological polar surface area (TPSA) is 102 Å². The van der Waals surface area contributed by atoms with Crippen molar-refractivity contribution in [2.75, 3.05) is 36.4 Å². The van der Waals surface area contributed by atoms with E-state index >= 15 is 0 Å². The van der Waals surface area contributed by atoms with Crippen LogP contribution < -0.4 is 10.2 Å². The van der Waals surface area contributed by atoms with Crippen molar-refractivity contribution < 1.29 is 15.0 Å². The Labute approximate surface area is 240 Å². The van der Waals surface area contributed by atoms with Crippen molar-refractivity contribution in [1.82, 2.24) is 14.9 Å². The quantitative estimate of drug-likeness (QED) is 0.374. The highest BCUT2D eigenvalue weighted by molar-refractivity contribution is 6.35. The highest BCUT2D eigenvalue weighted by atomic mass is 35.5. The van der Waals surface area contributed by atoms with Gasteiger partial charge < -0.3 is 25.3 Å². The summed E-state index contributed by atoms with van der Waals surface area (Å²) < 4.78 is 0. The first-order chi connectivity index (χ1) is 18.3. The Morgan fingerprint density at radius 1 is 1.21 bits per heavy atom.